The average molecular weight is 287 g/mol. The largest absolute Gasteiger partial charge is 0.440 e. The molecule has 1 aromatic heterocycles. The highest BCUT2D eigenvalue weighted by Crippen LogP contribution is 2.53. The van der Waals surface area contributed by atoms with E-state index in [1.54, 1.807) is 0 Å². The van der Waals surface area contributed by atoms with Gasteiger partial charge in [0, 0.05) is 0 Å². The van der Waals surface area contributed by atoms with Crippen LogP contribution in [0.4, 0.5) is 30.7 Å². The van der Waals surface area contributed by atoms with Crippen molar-refractivity contribution in [1.82, 2.24) is 4.98 Å². The predicted octanol–water partition coefficient (Wildman–Crippen LogP) is 4.12. The molecular formula is C10H4F7NO. The number of rotatable bonds is 1. The molecule has 1 aromatic carbocycles. The SMILES string of the molecule is FC(F)(F)C(F)(c1nc2ccccc2o1)C(F)(F)F. The fraction of sp³-hybridized carbons (Fsp3) is 0.300. The van der Waals surface area contributed by atoms with Gasteiger partial charge in [0.1, 0.15) is 5.52 Å². The second-order valence-corrected chi connectivity index (χ2v) is 3.64. The van der Waals surface area contributed by atoms with E-state index in [0.717, 1.165) is 12.1 Å². The lowest BCUT2D eigenvalue weighted by molar-refractivity contribution is -0.354. The highest BCUT2D eigenvalue weighted by molar-refractivity contribution is 5.72. The summed E-state index contributed by atoms with van der Waals surface area (Å²) in [6.45, 7) is 0. The predicted molar refractivity (Wildman–Crippen MR) is 48.9 cm³/mol. The summed E-state index contributed by atoms with van der Waals surface area (Å²) in [6.07, 6.45) is -12.5. The molecule has 0 amide bonds. The Morgan fingerprint density at radius 2 is 1.37 bits per heavy atom. The van der Waals surface area contributed by atoms with Crippen LogP contribution in [0.25, 0.3) is 11.1 Å². The summed E-state index contributed by atoms with van der Waals surface area (Å²) >= 11 is 0. The van der Waals surface area contributed by atoms with Gasteiger partial charge in [0.2, 0.25) is 0 Å². The molecule has 0 bridgehead atoms. The molecule has 0 N–H and O–H groups in total. The number of benzene rings is 1. The third-order valence-electron chi connectivity index (χ3n) is 2.37. The van der Waals surface area contributed by atoms with Gasteiger partial charge in [0.25, 0.3) is 5.89 Å². The molecule has 0 unspecified atom stereocenters. The van der Waals surface area contributed by atoms with Crippen LogP contribution in [-0.2, 0) is 5.67 Å². The average Bonchev–Trinajstić information content (AvgIpc) is 2.68. The molecule has 0 spiro atoms. The number of halogens is 7. The lowest BCUT2D eigenvalue weighted by atomic mass is 10.1. The Balaban J connectivity index is 2.69. The van der Waals surface area contributed by atoms with E-state index in [0.29, 0.717) is 0 Å². The quantitative estimate of drug-likeness (QED) is 0.737. The second kappa shape index (κ2) is 3.84. The van der Waals surface area contributed by atoms with E-state index in [-0.39, 0.29) is 11.1 Å². The summed E-state index contributed by atoms with van der Waals surface area (Å²) in [7, 11) is 0. The monoisotopic (exact) mass is 287 g/mol. The summed E-state index contributed by atoms with van der Waals surface area (Å²) < 4.78 is 92.3. The van der Waals surface area contributed by atoms with Gasteiger partial charge in [-0.25, -0.2) is 9.37 Å². The van der Waals surface area contributed by atoms with Crippen molar-refractivity contribution in [3.8, 4) is 0 Å². The van der Waals surface area contributed by atoms with Crippen LogP contribution in [0.1, 0.15) is 5.89 Å². The Hall–Kier alpha value is -1.80. The van der Waals surface area contributed by atoms with Crippen LogP contribution in [0.3, 0.4) is 0 Å². The Labute approximate surface area is 100 Å². The number of para-hydroxylation sites is 2. The number of oxazole rings is 1. The van der Waals surface area contributed by atoms with Crippen LogP contribution in [0, 0.1) is 0 Å². The first-order valence-corrected chi connectivity index (χ1v) is 4.76. The summed E-state index contributed by atoms with van der Waals surface area (Å²) in [5.74, 6) is -2.08. The molecule has 0 radical (unpaired) electrons. The van der Waals surface area contributed by atoms with Crippen molar-refractivity contribution >= 4 is 11.1 Å². The van der Waals surface area contributed by atoms with Crippen molar-refractivity contribution in [3.63, 3.8) is 0 Å². The minimum Gasteiger partial charge on any atom is -0.436 e. The molecule has 0 saturated carbocycles. The third-order valence-corrected chi connectivity index (χ3v) is 2.37. The van der Waals surface area contributed by atoms with Gasteiger partial charge in [-0.05, 0) is 12.1 Å². The second-order valence-electron chi connectivity index (χ2n) is 3.64. The zero-order chi connectivity index (χ0) is 14.5. The van der Waals surface area contributed by atoms with Crippen molar-refractivity contribution in [3.05, 3.63) is 30.2 Å². The Kier molecular flexibility index (Phi) is 2.76. The minimum absolute atomic E-state index is 0.298. The summed E-state index contributed by atoms with van der Waals surface area (Å²) in [5, 5.41) is 0. The molecular weight excluding hydrogens is 283 g/mol. The molecule has 9 heteroatoms. The van der Waals surface area contributed by atoms with E-state index >= 15 is 0 Å². The number of hydrogen-bond donors (Lipinski definition) is 0. The minimum atomic E-state index is -6.23. The maximum Gasteiger partial charge on any atom is 0.440 e. The first-order valence-electron chi connectivity index (χ1n) is 4.76. The van der Waals surface area contributed by atoms with Crippen LogP contribution in [0.15, 0.2) is 28.7 Å². The van der Waals surface area contributed by atoms with Crippen molar-refractivity contribution in [2.24, 2.45) is 0 Å². The van der Waals surface area contributed by atoms with Crippen molar-refractivity contribution in [2.45, 2.75) is 18.0 Å². The molecule has 0 aliphatic heterocycles. The van der Waals surface area contributed by atoms with Gasteiger partial charge in [-0.1, -0.05) is 12.1 Å². The molecule has 0 aliphatic carbocycles. The number of aromatic nitrogens is 1. The normalized spacial score (nSPS) is 14.1. The molecule has 0 aliphatic rings. The first-order chi connectivity index (χ1) is 8.57. The molecule has 2 nitrogen and oxygen atoms in total. The zero-order valence-electron chi connectivity index (χ0n) is 8.81. The topological polar surface area (TPSA) is 26.0 Å². The van der Waals surface area contributed by atoms with Crippen molar-refractivity contribution in [1.29, 1.82) is 0 Å². The number of nitrogens with zero attached hydrogens (tertiary/aromatic N) is 1. The van der Waals surface area contributed by atoms with E-state index in [1.807, 2.05) is 0 Å². The Bertz CT molecular complexity index is 551. The molecule has 104 valence electrons. The molecule has 0 atom stereocenters. The van der Waals surface area contributed by atoms with Gasteiger partial charge in [0.15, 0.2) is 5.58 Å². The fourth-order valence-electron chi connectivity index (χ4n) is 1.42. The first kappa shape index (κ1) is 13.6. The molecule has 19 heavy (non-hydrogen) atoms. The Morgan fingerprint density at radius 1 is 0.842 bits per heavy atom. The standard InChI is InChI=1S/C10H4F7NO/c11-8(9(12,13)14,10(15,16)17)7-18-5-3-1-2-4-6(5)19-7/h1-4H. The van der Waals surface area contributed by atoms with Gasteiger partial charge in [0.05, 0.1) is 0 Å². The fourth-order valence-corrected chi connectivity index (χ4v) is 1.42. The van der Waals surface area contributed by atoms with Crippen LogP contribution in [-0.4, -0.2) is 17.3 Å². The van der Waals surface area contributed by atoms with E-state index in [1.165, 1.54) is 12.1 Å². The molecule has 1 heterocycles. The molecule has 2 rings (SSSR count). The smallest absolute Gasteiger partial charge is 0.436 e. The number of hydrogen-bond acceptors (Lipinski definition) is 2. The highest BCUT2D eigenvalue weighted by Gasteiger charge is 2.76. The van der Waals surface area contributed by atoms with E-state index < -0.39 is 23.9 Å². The maximum atomic E-state index is 13.6. The van der Waals surface area contributed by atoms with Gasteiger partial charge >= 0.3 is 18.0 Å². The van der Waals surface area contributed by atoms with Crippen LogP contribution in [0.2, 0.25) is 0 Å². The van der Waals surface area contributed by atoms with Gasteiger partial charge in [-0.2, -0.15) is 26.3 Å². The number of fused-ring (bicyclic) bond motifs is 1. The summed E-state index contributed by atoms with van der Waals surface area (Å²) in [4.78, 5) is 2.94. The number of alkyl halides is 7. The Morgan fingerprint density at radius 3 is 1.84 bits per heavy atom. The van der Waals surface area contributed by atoms with Crippen LogP contribution in [0.5, 0.6) is 0 Å². The summed E-state index contributed by atoms with van der Waals surface area (Å²) in [6, 6.07) is 4.81. The van der Waals surface area contributed by atoms with E-state index in [4.69, 9.17) is 0 Å². The van der Waals surface area contributed by atoms with Crippen molar-refractivity contribution < 1.29 is 35.2 Å². The van der Waals surface area contributed by atoms with Crippen molar-refractivity contribution in [2.75, 3.05) is 0 Å². The van der Waals surface area contributed by atoms with E-state index in [9.17, 15) is 30.7 Å². The lowest BCUT2D eigenvalue weighted by Crippen LogP contribution is -2.50. The highest BCUT2D eigenvalue weighted by atomic mass is 19.4. The molecule has 2 aromatic rings. The zero-order valence-corrected chi connectivity index (χ0v) is 8.81. The van der Waals surface area contributed by atoms with Gasteiger partial charge < -0.3 is 4.42 Å². The van der Waals surface area contributed by atoms with Gasteiger partial charge in [-0.15, -0.1) is 0 Å². The molecule has 0 fully saturated rings. The third kappa shape index (κ3) is 1.92. The summed E-state index contributed by atoms with van der Waals surface area (Å²) in [5.41, 5.74) is -6.31. The maximum absolute atomic E-state index is 13.6. The molecule has 0 saturated heterocycles. The van der Waals surface area contributed by atoms with Crippen LogP contribution < -0.4 is 0 Å². The van der Waals surface area contributed by atoms with Gasteiger partial charge in [-0.3, -0.25) is 0 Å². The van der Waals surface area contributed by atoms with E-state index in [2.05, 4.69) is 9.40 Å². The lowest BCUT2D eigenvalue weighted by Gasteiger charge is -2.26. The van der Waals surface area contributed by atoms with Crippen LogP contribution >= 0.6 is 0 Å².